The number of ether oxygens (including phenoxy) is 1. The molecule has 0 radical (unpaired) electrons. The zero-order valence-electron chi connectivity index (χ0n) is 14.7. The number of carbonyl (C=O) groups is 2. The molecule has 0 aliphatic rings. The summed E-state index contributed by atoms with van der Waals surface area (Å²) in [6.45, 7) is -0.717. The Morgan fingerprint density at radius 3 is 1.55 bits per heavy atom. The van der Waals surface area contributed by atoms with Gasteiger partial charge in [-0.1, -0.05) is 58.5 Å². The highest BCUT2D eigenvalue weighted by Crippen LogP contribution is 2.22. The summed E-state index contributed by atoms with van der Waals surface area (Å²) in [7, 11) is 0. The molecule has 0 heterocycles. The van der Waals surface area contributed by atoms with Crippen LogP contribution < -0.4 is 10.9 Å². The van der Waals surface area contributed by atoms with Crippen LogP contribution in [-0.2, 0) is 14.3 Å². The third-order valence-corrected chi connectivity index (χ3v) is 4.64. The van der Waals surface area contributed by atoms with Crippen LogP contribution in [0.1, 0.15) is 11.1 Å². The standard InChI is InChI=1S/C18H14Cl4N4O3/c19-13-3-1-11(5-15(13)21)7-23-25-17(27)9-29-10-18(28)26-24-8-12-2-4-14(20)16(22)6-12/h1-8H,9-10H2,(H,25,27)(H,26,28)/b23-7-,24-8+. The fourth-order valence-corrected chi connectivity index (χ4v) is 2.46. The Hall–Kier alpha value is -2.16. The van der Waals surface area contributed by atoms with E-state index in [2.05, 4.69) is 21.1 Å². The Bertz CT molecular complexity index is 875. The first-order chi connectivity index (χ1) is 13.8. The quantitative estimate of drug-likeness (QED) is 0.447. The molecule has 29 heavy (non-hydrogen) atoms. The molecule has 0 aliphatic heterocycles. The van der Waals surface area contributed by atoms with E-state index in [1.807, 2.05) is 0 Å². The van der Waals surface area contributed by atoms with Crippen molar-refractivity contribution in [3.8, 4) is 0 Å². The van der Waals surface area contributed by atoms with Gasteiger partial charge in [-0.25, -0.2) is 10.9 Å². The van der Waals surface area contributed by atoms with Crippen molar-refractivity contribution in [3.05, 3.63) is 67.6 Å². The van der Waals surface area contributed by atoms with Gasteiger partial charge >= 0.3 is 0 Å². The molecule has 0 saturated heterocycles. The SMILES string of the molecule is O=C(COCC(=O)N/N=C/c1ccc(Cl)c(Cl)c1)N/N=C\c1ccc(Cl)c(Cl)c1. The lowest BCUT2D eigenvalue weighted by Gasteiger charge is -2.02. The lowest BCUT2D eigenvalue weighted by Crippen LogP contribution is -2.28. The minimum absolute atomic E-state index is 0.358. The van der Waals surface area contributed by atoms with Crippen molar-refractivity contribution in [2.45, 2.75) is 0 Å². The van der Waals surface area contributed by atoms with Crippen LogP contribution in [0.3, 0.4) is 0 Å². The van der Waals surface area contributed by atoms with Crippen molar-refractivity contribution in [3.63, 3.8) is 0 Å². The Morgan fingerprint density at radius 1 is 0.759 bits per heavy atom. The second-order valence-electron chi connectivity index (χ2n) is 5.43. The van der Waals surface area contributed by atoms with E-state index in [1.54, 1.807) is 36.4 Å². The molecule has 0 saturated carbocycles. The number of carbonyl (C=O) groups excluding carboxylic acids is 2. The highest BCUT2D eigenvalue weighted by atomic mass is 35.5. The summed E-state index contributed by atoms with van der Waals surface area (Å²) in [4.78, 5) is 23.2. The molecule has 0 fully saturated rings. The van der Waals surface area contributed by atoms with Crippen LogP contribution in [0.2, 0.25) is 20.1 Å². The molecule has 2 aromatic carbocycles. The molecule has 7 nitrogen and oxygen atoms in total. The van der Waals surface area contributed by atoms with Crippen LogP contribution in [0.15, 0.2) is 46.6 Å². The van der Waals surface area contributed by atoms with Crippen LogP contribution in [-0.4, -0.2) is 37.5 Å². The largest absolute Gasteiger partial charge is 0.362 e. The average molecular weight is 476 g/mol. The zero-order chi connectivity index (χ0) is 21.2. The van der Waals surface area contributed by atoms with Gasteiger partial charge in [0.15, 0.2) is 0 Å². The van der Waals surface area contributed by atoms with Gasteiger partial charge in [0.25, 0.3) is 11.8 Å². The van der Waals surface area contributed by atoms with Gasteiger partial charge in [0.2, 0.25) is 0 Å². The summed E-state index contributed by atoms with van der Waals surface area (Å²) in [6, 6.07) is 9.78. The number of nitrogens with one attached hydrogen (secondary N) is 2. The average Bonchev–Trinajstić information content (AvgIpc) is 2.67. The zero-order valence-corrected chi connectivity index (χ0v) is 17.7. The summed E-state index contributed by atoms with van der Waals surface area (Å²) in [6.07, 6.45) is 2.79. The predicted molar refractivity (Wildman–Crippen MR) is 115 cm³/mol. The van der Waals surface area contributed by atoms with E-state index >= 15 is 0 Å². The molecule has 152 valence electrons. The molecule has 2 amide bonds. The van der Waals surface area contributed by atoms with Crippen molar-refractivity contribution < 1.29 is 14.3 Å². The number of benzene rings is 2. The topological polar surface area (TPSA) is 92.2 Å². The fourth-order valence-electron chi connectivity index (χ4n) is 1.84. The highest BCUT2D eigenvalue weighted by molar-refractivity contribution is 6.42. The van der Waals surface area contributed by atoms with Crippen LogP contribution in [0.5, 0.6) is 0 Å². The second kappa shape index (κ2) is 11.7. The summed E-state index contributed by atoms with van der Waals surface area (Å²) >= 11 is 23.4. The normalized spacial score (nSPS) is 11.2. The summed E-state index contributed by atoms with van der Waals surface area (Å²) in [5, 5.41) is 9.09. The monoisotopic (exact) mass is 474 g/mol. The minimum Gasteiger partial charge on any atom is -0.362 e. The molecule has 0 bridgehead atoms. The lowest BCUT2D eigenvalue weighted by atomic mass is 10.2. The van der Waals surface area contributed by atoms with Gasteiger partial charge in [-0.05, 0) is 35.4 Å². The Labute approximate surface area is 186 Å². The van der Waals surface area contributed by atoms with E-state index in [4.69, 9.17) is 51.1 Å². The summed E-state index contributed by atoms with van der Waals surface area (Å²) in [5.74, 6) is -1.07. The Kier molecular flexibility index (Phi) is 9.37. The molecule has 2 N–H and O–H groups in total. The van der Waals surface area contributed by atoms with E-state index in [9.17, 15) is 9.59 Å². The third-order valence-electron chi connectivity index (χ3n) is 3.16. The predicted octanol–water partition coefficient (Wildman–Crippen LogP) is 3.92. The Balaban J connectivity index is 1.66. The van der Waals surface area contributed by atoms with Crippen molar-refractivity contribution >= 4 is 70.6 Å². The van der Waals surface area contributed by atoms with Crippen molar-refractivity contribution in [1.82, 2.24) is 10.9 Å². The van der Waals surface area contributed by atoms with Gasteiger partial charge in [-0.15, -0.1) is 0 Å². The van der Waals surface area contributed by atoms with Crippen molar-refractivity contribution in [1.29, 1.82) is 0 Å². The summed E-state index contributed by atoms with van der Waals surface area (Å²) < 4.78 is 4.98. The van der Waals surface area contributed by atoms with Gasteiger partial charge in [0.1, 0.15) is 13.2 Å². The number of hydrogen-bond acceptors (Lipinski definition) is 5. The molecule has 0 aromatic heterocycles. The van der Waals surface area contributed by atoms with Gasteiger partial charge in [0.05, 0.1) is 32.5 Å². The molecule has 11 heteroatoms. The van der Waals surface area contributed by atoms with E-state index in [-0.39, 0.29) is 13.2 Å². The van der Waals surface area contributed by atoms with Crippen LogP contribution >= 0.6 is 46.4 Å². The number of halogens is 4. The van der Waals surface area contributed by atoms with E-state index in [0.717, 1.165) is 0 Å². The first-order valence-electron chi connectivity index (χ1n) is 7.97. The Morgan fingerprint density at radius 2 is 1.17 bits per heavy atom. The van der Waals surface area contributed by atoms with Crippen molar-refractivity contribution in [2.75, 3.05) is 13.2 Å². The third kappa shape index (κ3) is 8.39. The van der Waals surface area contributed by atoms with Crippen molar-refractivity contribution in [2.24, 2.45) is 10.2 Å². The molecule has 0 aliphatic carbocycles. The van der Waals surface area contributed by atoms with Gasteiger partial charge < -0.3 is 4.74 Å². The smallest absolute Gasteiger partial charge is 0.266 e. The molecular weight excluding hydrogens is 462 g/mol. The van der Waals surface area contributed by atoms with E-state index in [1.165, 1.54) is 12.4 Å². The molecule has 0 unspecified atom stereocenters. The number of hydrogen-bond donors (Lipinski definition) is 2. The van der Waals surface area contributed by atoms with Gasteiger partial charge in [-0.2, -0.15) is 10.2 Å². The maximum atomic E-state index is 11.6. The first kappa shape index (κ1) is 23.1. The van der Waals surface area contributed by atoms with Crippen LogP contribution in [0.4, 0.5) is 0 Å². The molecular formula is C18H14Cl4N4O3. The molecule has 2 aromatic rings. The minimum atomic E-state index is -0.534. The molecule has 2 rings (SSSR count). The lowest BCUT2D eigenvalue weighted by molar-refractivity contribution is -0.130. The maximum absolute atomic E-state index is 11.6. The highest BCUT2D eigenvalue weighted by Gasteiger charge is 2.04. The van der Waals surface area contributed by atoms with Gasteiger partial charge in [0, 0.05) is 0 Å². The number of hydrazone groups is 2. The number of rotatable bonds is 8. The van der Waals surface area contributed by atoms with Gasteiger partial charge in [-0.3, -0.25) is 9.59 Å². The van der Waals surface area contributed by atoms with Crippen LogP contribution in [0.25, 0.3) is 0 Å². The maximum Gasteiger partial charge on any atom is 0.266 e. The fraction of sp³-hybridized carbons (Fsp3) is 0.111. The molecule has 0 atom stereocenters. The number of amides is 2. The molecule has 0 spiro atoms. The first-order valence-corrected chi connectivity index (χ1v) is 9.48. The van der Waals surface area contributed by atoms with Crippen LogP contribution in [0, 0.1) is 0 Å². The van der Waals surface area contributed by atoms with E-state index in [0.29, 0.717) is 31.2 Å². The second-order valence-corrected chi connectivity index (χ2v) is 7.06. The number of nitrogens with zero attached hydrogens (tertiary/aromatic N) is 2. The summed E-state index contributed by atoms with van der Waals surface area (Å²) in [5.41, 5.74) is 5.82. The van der Waals surface area contributed by atoms with E-state index < -0.39 is 11.8 Å².